The number of aromatic nitrogens is 1. The van der Waals surface area contributed by atoms with Gasteiger partial charge in [0.15, 0.2) is 10.9 Å². The second-order valence-corrected chi connectivity index (χ2v) is 6.40. The van der Waals surface area contributed by atoms with Gasteiger partial charge in [-0.05, 0) is 61.1 Å². The van der Waals surface area contributed by atoms with E-state index in [0.717, 1.165) is 29.7 Å². The highest BCUT2D eigenvalue weighted by Crippen LogP contribution is 2.17. The summed E-state index contributed by atoms with van der Waals surface area (Å²) in [5, 5.41) is 6.51. The predicted molar refractivity (Wildman–Crippen MR) is 109 cm³/mol. The van der Waals surface area contributed by atoms with E-state index in [9.17, 15) is 4.79 Å². The van der Waals surface area contributed by atoms with Gasteiger partial charge in [-0.1, -0.05) is 19.8 Å². The van der Waals surface area contributed by atoms with Crippen LogP contribution in [-0.2, 0) is 0 Å². The van der Waals surface area contributed by atoms with E-state index in [1.54, 1.807) is 18.3 Å². The normalized spacial score (nSPS) is 10.6. The fourth-order valence-corrected chi connectivity index (χ4v) is 2.70. The number of hydrogen-bond acceptors (Lipinski definition) is 5. The maximum Gasteiger partial charge on any atom is 0.293 e. The Bertz CT molecular complexity index is 889. The summed E-state index contributed by atoms with van der Waals surface area (Å²) < 4.78 is 11.1. The molecule has 2 heterocycles. The summed E-state index contributed by atoms with van der Waals surface area (Å²) in [5.41, 5.74) is 1.17. The molecule has 1 aromatic carbocycles. The molecule has 27 heavy (non-hydrogen) atoms. The second-order valence-electron chi connectivity index (χ2n) is 6.00. The smallest absolute Gasteiger partial charge is 0.293 e. The molecule has 2 N–H and O–H groups in total. The molecule has 2 aromatic heterocycles. The van der Waals surface area contributed by atoms with Gasteiger partial charge in [0.25, 0.3) is 5.91 Å². The Labute approximate surface area is 162 Å². The monoisotopic (exact) mass is 383 g/mol. The first-order valence-corrected chi connectivity index (χ1v) is 9.26. The maximum atomic E-state index is 12.3. The number of ether oxygens (including phenoxy) is 1. The molecule has 3 rings (SSSR count). The third-order valence-electron chi connectivity index (χ3n) is 3.87. The summed E-state index contributed by atoms with van der Waals surface area (Å²) in [7, 11) is 0. The van der Waals surface area contributed by atoms with Crippen LogP contribution in [0.5, 0.6) is 5.75 Å². The highest BCUT2D eigenvalue weighted by atomic mass is 32.1. The van der Waals surface area contributed by atoms with Gasteiger partial charge in [0.05, 0.1) is 6.61 Å². The molecule has 0 saturated carbocycles. The minimum Gasteiger partial charge on any atom is -0.494 e. The van der Waals surface area contributed by atoms with E-state index < -0.39 is 5.91 Å². The minimum atomic E-state index is -0.429. The Morgan fingerprint density at radius 1 is 1.22 bits per heavy atom. The molecule has 0 aliphatic rings. The standard InChI is InChI=1S/C20H21N3O3S/c1-2-3-4-12-25-16-9-7-15(8-10-16)22-20(27)23-18(24)17-13-14-6-5-11-21-19(14)26-17/h5-11,13H,2-4,12H2,1H3,(H2,22,23,24,27). The van der Waals surface area contributed by atoms with Crippen LogP contribution >= 0.6 is 12.2 Å². The largest absolute Gasteiger partial charge is 0.494 e. The summed E-state index contributed by atoms with van der Waals surface area (Å²) in [6, 6.07) is 12.7. The van der Waals surface area contributed by atoms with Gasteiger partial charge in [-0.3, -0.25) is 10.1 Å². The topological polar surface area (TPSA) is 76.4 Å². The number of carbonyl (C=O) groups excluding carboxylic acids is 1. The van der Waals surface area contributed by atoms with Gasteiger partial charge >= 0.3 is 0 Å². The average Bonchev–Trinajstić information content (AvgIpc) is 3.11. The van der Waals surface area contributed by atoms with Crippen molar-refractivity contribution in [3.8, 4) is 5.75 Å². The third-order valence-corrected chi connectivity index (χ3v) is 4.08. The minimum absolute atomic E-state index is 0.156. The van der Waals surface area contributed by atoms with E-state index in [2.05, 4.69) is 22.5 Å². The number of hydrogen-bond donors (Lipinski definition) is 2. The van der Waals surface area contributed by atoms with E-state index in [0.29, 0.717) is 12.3 Å². The van der Waals surface area contributed by atoms with Crippen molar-refractivity contribution in [1.29, 1.82) is 0 Å². The van der Waals surface area contributed by atoms with Gasteiger partial charge in [0.1, 0.15) is 5.75 Å². The molecule has 1 amide bonds. The van der Waals surface area contributed by atoms with Gasteiger partial charge < -0.3 is 14.5 Å². The number of anilines is 1. The highest BCUT2D eigenvalue weighted by Gasteiger charge is 2.14. The molecular formula is C20H21N3O3S. The predicted octanol–water partition coefficient (Wildman–Crippen LogP) is 4.52. The van der Waals surface area contributed by atoms with Crippen molar-refractivity contribution in [2.75, 3.05) is 11.9 Å². The fraction of sp³-hybridized carbons (Fsp3) is 0.250. The first kappa shape index (κ1) is 18.8. The van der Waals surface area contributed by atoms with Crippen molar-refractivity contribution in [2.45, 2.75) is 26.2 Å². The number of rotatable bonds is 7. The van der Waals surface area contributed by atoms with Crippen molar-refractivity contribution in [3.05, 3.63) is 54.4 Å². The van der Waals surface area contributed by atoms with Crippen LogP contribution in [-0.4, -0.2) is 22.6 Å². The Hall–Kier alpha value is -2.93. The fourth-order valence-electron chi connectivity index (χ4n) is 2.49. The highest BCUT2D eigenvalue weighted by molar-refractivity contribution is 7.80. The molecule has 3 aromatic rings. The van der Waals surface area contributed by atoms with E-state index in [-0.39, 0.29) is 10.9 Å². The molecule has 0 unspecified atom stereocenters. The lowest BCUT2D eigenvalue weighted by molar-refractivity contribution is 0.0952. The molecule has 6 nitrogen and oxygen atoms in total. The number of carbonyl (C=O) groups is 1. The molecule has 0 spiro atoms. The van der Waals surface area contributed by atoms with Crippen molar-refractivity contribution in [3.63, 3.8) is 0 Å². The first-order valence-electron chi connectivity index (χ1n) is 8.85. The van der Waals surface area contributed by atoms with Gasteiger partial charge in [-0.25, -0.2) is 4.98 Å². The molecule has 140 valence electrons. The maximum absolute atomic E-state index is 12.3. The van der Waals surface area contributed by atoms with Crippen molar-refractivity contribution in [2.24, 2.45) is 0 Å². The number of benzene rings is 1. The van der Waals surface area contributed by atoms with E-state index >= 15 is 0 Å². The molecule has 7 heteroatoms. The Kier molecular flexibility index (Phi) is 6.38. The lowest BCUT2D eigenvalue weighted by Gasteiger charge is -2.10. The number of unbranched alkanes of at least 4 members (excludes halogenated alkanes) is 2. The van der Waals surface area contributed by atoms with Gasteiger partial charge in [-0.15, -0.1) is 0 Å². The SMILES string of the molecule is CCCCCOc1ccc(NC(=S)NC(=O)c2cc3cccnc3o2)cc1. The van der Waals surface area contributed by atoms with Gasteiger partial charge in [-0.2, -0.15) is 0 Å². The number of amides is 1. The van der Waals surface area contributed by atoms with E-state index in [1.165, 1.54) is 6.42 Å². The summed E-state index contributed by atoms with van der Waals surface area (Å²) in [6.07, 6.45) is 4.98. The molecule has 0 bridgehead atoms. The molecule has 0 aliphatic heterocycles. The quantitative estimate of drug-likeness (QED) is 0.461. The molecule has 0 radical (unpaired) electrons. The van der Waals surface area contributed by atoms with Crippen LogP contribution < -0.4 is 15.4 Å². The number of furan rings is 1. The van der Waals surface area contributed by atoms with Crippen LogP contribution in [0, 0.1) is 0 Å². The second kappa shape index (κ2) is 9.14. The zero-order valence-corrected chi connectivity index (χ0v) is 15.8. The number of thiocarbonyl (C=S) groups is 1. The van der Waals surface area contributed by atoms with Crippen LogP contribution in [0.3, 0.4) is 0 Å². The van der Waals surface area contributed by atoms with E-state index in [1.807, 2.05) is 30.3 Å². The molecular weight excluding hydrogens is 362 g/mol. The zero-order chi connectivity index (χ0) is 19.1. The van der Waals surface area contributed by atoms with Crippen molar-refractivity contribution >= 4 is 40.0 Å². The molecule has 0 saturated heterocycles. The zero-order valence-electron chi connectivity index (χ0n) is 15.0. The Morgan fingerprint density at radius 2 is 2.04 bits per heavy atom. The Balaban J connectivity index is 1.51. The van der Waals surface area contributed by atoms with Crippen LogP contribution in [0.25, 0.3) is 11.1 Å². The lowest BCUT2D eigenvalue weighted by Crippen LogP contribution is -2.33. The van der Waals surface area contributed by atoms with Gasteiger partial charge in [0.2, 0.25) is 5.71 Å². The lowest BCUT2D eigenvalue weighted by atomic mass is 10.2. The number of pyridine rings is 1. The van der Waals surface area contributed by atoms with Crippen LogP contribution in [0.2, 0.25) is 0 Å². The van der Waals surface area contributed by atoms with Crippen molar-refractivity contribution in [1.82, 2.24) is 10.3 Å². The van der Waals surface area contributed by atoms with Crippen LogP contribution in [0.4, 0.5) is 5.69 Å². The Morgan fingerprint density at radius 3 is 2.78 bits per heavy atom. The molecule has 0 fully saturated rings. The summed E-state index contributed by atoms with van der Waals surface area (Å²) in [6.45, 7) is 2.87. The third kappa shape index (κ3) is 5.27. The van der Waals surface area contributed by atoms with Gasteiger partial charge in [0, 0.05) is 17.3 Å². The van der Waals surface area contributed by atoms with E-state index in [4.69, 9.17) is 21.4 Å². The molecule has 0 aliphatic carbocycles. The summed E-state index contributed by atoms with van der Waals surface area (Å²) >= 11 is 5.19. The van der Waals surface area contributed by atoms with Crippen LogP contribution in [0.1, 0.15) is 36.7 Å². The number of fused-ring (bicyclic) bond motifs is 1. The number of nitrogens with one attached hydrogen (secondary N) is 2. The first-order chi connectivity index (χ1) is 13.2. The average molecular weight is 383 g/mol. The number of nitrogens with zero attached hydrogens (tertiary/aromatic N) is 1. The molecule has 0 atom stereocenters. The summed E-state index contributed by atoms with van der Waals surface area (Å²) in [4.78, 5) is 16.3. The summed E-state index contributed by atoms with van der Waals surface area (Å²) in [5.74, 6) is 0.534. The van der Waals surface area contributed by atoms with Crippen LogP contribution in [0.15, 0.2) is 53.1 Å². The van der Waals surface area contributed by atoms with Crippen molar-refractivity contribution < 1.29 is 13.9 Å².